The fourth-order valence-corrected chi connectivity index (χ4v) is 1.78. The van der Waals surface area contributed by atoms with Gasteiger partial charge in [-0.2, -0.15) is 0 Å². The second-order valence-electron chi connectivity index (χ2n) is 4.16. The number of amides is 1. The summed E-state index contributed by atoms with van der Waals surface area (Å²) in [4.78, 5) is 33.9. The first-order chi connectivity index (χ1) is 10.7. The fraction of sp³-hybridized carbons (Fsp3) is 0.231. The maximum Gasteiger partial charge on any atom is 0.293 e. The van der Waals surface area contributed by atoms with Gasteiger partial charge in [0.25, 0.3) is 17.2 Å². The van der Waals surface area contributed by atoms with Gasteiger partial charge in [0.2, 0.25) is 0 Å². The molecule has 110 valence electrons. The molecule has 1 aromatic carbocycles. The smallest absolute Gasteiger partial charge is 0.293 e. The minimum absolute atomic E-state index is 0.184. The first-order valence-electron chi connectivity index (χ1n) is 6.87. The summed E-state index contributed by atoms with van der Waals surface area (Å²) in [6, 6.07) is 5.07. The van der Waals surface area contributed by atoms with Crippen molar-refractivity contribution in [2.24, 2.45) is 7.05 Å². The highest BCUT2D eigenvalue weighted by molar-refractivity contribution is 5.83. The second kappa shape index (κ2) is 5.61. The summed E-state index contributed by atoms with van der Waals surface area (Å²) in [5.41, 5.74) is -0.441. The number of benzene rings is 1. The van der Waals surface area contributed by atoms with E-state index in [1.807, 2.05) is 0 Å². The van der Waals surface area contributed by atoms with Crippen molar-refractivity contribution < 1.29 is 17.2 Å². The third-order valence-electron chi connectivity index (χ3n) is 2.87. The quantitative estimate of drug-likeness (QED) is 0.655. The highest BCUT2D eigenvalue weighted by atomic mass is 16.6. The zero-order valence-electron chi connectivity index (χ0n) is 13.2. The number of rotatable bonds is 4. The van der Waals surface area contributed by atoms with Gasteiger partial charge in [0.15, 0.2) is 12.3 Å². The Morgan fingerprint density at radius 3 is 2.86 bits per heavy atom. The predicted molar refractivity (Wildman–Crippen MR) is 75.4 cm³/mol. The number of hydrogen-bond acceptors (Lipinski definition) is 5. The molecule has 0 unspecified atom stereocenters. The van der Waals surface area contributed by atoms with Crippen molar-refractivity contribution in [2.75, 3.05) is 13.6 Å². The highest BCUT2D eigenvalue weighted by Gasteiger charge is 2.12. The lowest BCUT2D eigenvalue weighted by atomic mass is 10.2. The van der Waals surface area contributed by atoms with Crippen molar-refractivity contribution in [1.29, 1.82) is 0 Å². The Kier molecular flexibility index (Phi) is 3.18. The summed E-state index contributed by atoms with van der Waals surface area (Å²) in [6.45, 7) is -2.75. The van der Waals surface area contributed by atoms with E-state index in [0.29, 0.717) is 10.9 Å². The van der Waals surface area contributed by atoms with Crippen LogP contribution in [0.25, 0.3) is 10.9 Å². The molecule has 0 saturated heterocycles. The molecule has 1 heterocycles. The van der Waals surface area contributed by atoms with E-state index in [0.717, 1.165) is 4.57 Å². The van der Waals surface area contributed by atoms with Crippen molar-refractivity contribution in [3.8, 4) is 5.75 Å². The summed E-state index contributed by atoms with van der Waals surface area (Å²) in [5.74, 6) is -1.48. The lowest BCUT2D eigenvalue weighted by molar-refractivity contribution is -0.384. The molecule has 1 N–H and O–H groups in total. The number of aromatic nitrogens is 1. The average Bonchev–Trinajstić information content (AvgIpc) is 2.50. The number of non-ortho nitro benzene ring substituents is 1. The van der Waals surface area contributed by atoms with Gasteiger partial charge in [0.1, 0.15) is 0 Å². The zero-order valence-corrected chi connectivity index (χ0v) is 11.2. The fourth-order valence-electron chi connectivity index (χ4n) is 1.78. The van der Waals surface area contributed by atoms with E-state index in [4.69, 9.17) is 7.48 Å². The number of pyridine rings is 1. The van der Waals surface area contributed by atoms with E-state index in [9.17, 15) is 19.7 Å². The van der Waals surface area contributed by atoms with E-state index in [2.05, 4.69) is 5.32 Å². The third kappa shape index (κ3) is 2.83. The predicted octanol–water partition coefficient (Wildman–Crippen LogP) is 0.571. The largest absolute Gasteiger partial charge is 0.478 e. The molecular formula is C13H13N3O5. The Bertz CT molecular complexity index is 863. The van der Waals surface area contributed by atoms with Gasteiger partial charge in [-0.3, -0.25) is 19.7 Å². The maximum absolute atomic E-state index is 12.2. The van der Waals surface area contributed by atoms with Crippen molar-refractivity contribution in [1.82, 2.24) is 9.88 Å². The summed E-state index contributed by atoms with van der Waals surface area (Å²) in [6.07, 6.45) is 0. The number of carbonyl (C=O) groups excluding carboxylic acids is 1. The van der Waals surface area contributed by atoms with Gasteiger partial charge in [-0.25, -0.2) is 0 Å². The summed E-state index contributed by atoms with van der Waals surface area (Å²) >= 11 is 0. The zero-order chi connectivity index (χ0) is 17.4. The molecule has 2 aromatic rings. The van der Waals surface area contributed by atoms with Crippen molar-refractivity contribution >= 4 is 22.5 Å². The number of carbonyl (C=O) groups is 1. The van der Waals surface area contributed by atoms with Gasteiger partial charge < -0.3 is 14.6 Å². The van der Waals surface area contributed by atoms with Crippen LogP contribution in [0.1, 0.15) is 2.74 Å². The van der Waals surface area contributed by atoms with E-state index < -0.39 is 28.7 Å². The van der Waals surface area contributed by atoms with Crippen LogP contribution in [0.3, 0.4) is 0 Å². The lowest BCUT2D eigenvalue weighted by Gasteiger charge is -2.09. The van der Waals surface area contributed by atoms with Gasteiger partial charge in [-0.1, -0.05) is 0 Å². The van der Waals surface area contributed by atoms with Crippen LogP contribution in [-0.2, 0) is 11.8 Å². The minimum Gasteiger partial charge on any atom is -0.478 e. The number of likely N-dealkylation sites (N-methyl/N-ethyl adjacent to an activating group) is 1. The van der Waals surface area contributed by atoms with E-state index >= 15 is 0 Å². The van der Waals surface area contributed by atoms with Crippen molar-refractivity contribution in [3.05, 3.63) is 44.7 Å². The standard InChI is InChI=1S/C13H13N3O5/c1-14-12(17)7-21-11-6-8-5-9(16(19)20)3-4-10(8)15(2)13(11)18/h3-6H,7H2,1-2H3,(H,14,17)/i7D2. The van der Waals surface area contributed by atoms with Crippen molar-refractivity contribution in [2.45, 2.75) is 0 Å². The number of ether oxygens (including phenoxy) is 1. The van der Waals surface area contributed by atoms with Crippen LogP contribution >= 0.6 is 0 Å². The molecule has 0 radical (unpaired) electrons. The first kappa shape index (κ1) is 11.9. The molecule has 8 nitrogen and oxygen atoms in total. The van der Waals surface area contributed by atoms with Crippen LogP contribution in [0.15, 0.2) is 29.1 Å². The van der Waals surface area contributed by atoms with Gasteiger partial charge in [0.05, 0.1) is 13.2 Å². The topological polar surface area (TPSA) is 103 Å². The molecule has 0 saturated carbocycles. The number of nitro benzene ring substituents is 1. The summed E-state index contributed by atoms with van der Waals surface area (Å²) < 4.78 is 21.1. The Morgan fingerprint density at radius 1 is 1.52 bits per heavy atom. The molecule has 0 bridgehead atoms. The Balaban J connectivity index is 2.61. The molecule has 0 fully saturated rings. The Morgan fingerprint density at radius 2 is 2.24 bits per heavy atom. The Labute approximate surface area is 121 Å². The number of hydrogen-bond donors (Lipinski definition) is 1. The van der Waals surface area contributed by atoms with Crippen LogP contribution < -0.4 is 15.6 Å². The molecule has 1 aromatic heterocycles. The third-order valence-corrected chi connectivity index (χ3v) is 2.87. The number of nitrogens with zero attached hydrogens (tertiary/aromatic N) is 2. The van der Waals surface area contributed by atoms with Gasteiger partial charge in [-0.05, 0) is 12.1 Å². The van der Waals surface area contributed by atoms with Crippen molar-refractivity contribution in [3.63, 3.8) is 0 Å². The molecule has 0 aliphatic heterocycles. The Hall–Kier alpha value is -2.90. The molecule has 8 heteroatoms. The van der Waals surface area contributed by atoms with Gasteiger partial charge in [0, 0.05) is 31.6 Å². The number of fused-ring (bicyclic) bond motifs is 1. The van der Waals surface area contributed by atoms with E-state index in [-0.39, 0.29) is 5.69 Å². The van der Waals surface area contributed by atoms with E-state index in [1.165, 1.54) is 38.4 Å². The molecule has 0 spiro atoms. The van der Waals surface area contributed by atoms with Crippen LogP contribution in [0.4, 0.5) is 5.69 Å². The SMILES string of the molecule is [2H]C([2H])(Oc1cc2cc([N+](=O)[O-])ccc2n(C)c1=O)C(=O)NC. The molecule has 2 rings (SSSR count). The number of aryl methyl sites for hydroxylation is 1. The summed E-state index contributed by atoms with van der Waals surface area (Å²) in [5, 5.41) is 13.2. The monoisotopic (exact) mass is 293 g/mol. The minimum atomic E-state index is -2.75. The molecule has 0 aliphatic rings. The first-order valence-corrected chi connectivity index (χ1v) is 5.87. The van der Waals surface area contributed by atoms with Crippen LogP contribution in [0.2, 0.25) is 0 Å². The normalized spacial score (nSPS) is 12.5. The van der Waals surface area contributed by atoms with Crippen LogP contribution in [0.5, 0.6) is 5.75 Å². The molecule has 1 amide bonds. The van der Waals surface area contributed by atoms with Gasteiger partial charge >= 0.3 is 0 Å². The average molecular weight is 293 g/mol. The number of nitrogens with one attached hydrogen (secondary N) is 1. The maximum atomic E-state index is 12.2. The molecule has 0 atom stereocenters. The van der Waals surface area contributed by atoms with Crippen LogP contribution in [-0.4, -0.2) is 29.0 Å². The molecular weight excluding hydrogens is 278 g/mol. The van der Waals surface area contributed by atoms with Gasteiger partial charge in [-0.15, -0.1) is 0 Å². The molecule has 0 aliphatic carbocycles. The molecule has 21 heavy (non-hydrogen) atoms. The van der Waals surface area contributed by atoms with E-state index in [1.54, 1.807) is 0 Å². The second-order valence-corrected chi connectivity index (χ2v) is 4.16. The lowest BCUT2D eigenvalue weighted by Crippen LogP contribution is -2.27. The van der Waals surface area contributed by atoms with Crippen LogP contribution in [0, 0.1) is 10.1 Å². The highest BCUT2D eigenvalue weighted by Crippen LogP contribution is 2.22. The summed E-state index contributed by atoms with van der Waals surface area (Å²) in [7, 11) is 2.64. The number of nitro groups is 1.